The van der Waals surface area contributed by atoms with Crippen LogP contribution in [-0.4, -0.2) is 29.8 Å². The molecule has 0 saturated carbocycles. The Morgan fingerprint density at radius 2 is 1.55 bits per heavy atom. The molecule has 0 spiro atoms. The second-order valence-electron chi connectivity index (χ2n) is 7.60. The molecule has 0 bridgehead atoms. The second kappa shape index (κ2) is 10.5. The van der Waals surface area contributed by atoms with Crippen molar-refractivity contribution in [3.8, 4) is 0 Å². The van der Waals surface area contributed by atoms with E-state index < -0.39 is 11.9 Å². The molecule has 3 rings (SSSR count). The third-order valence-corrected chi connectivity index (χ3v) is 5.29. The number of aryl methyl sites for hydroxylation is 1. The van der Waals surface area contributed by atoms with Crippen LogP contribution in [0.1, 0.15) is 22.3 Å². The Balaban J connectivity index is 1.94. The van der Waals surface area contributed by atoms with E-state index in [2.05, 4.69) is 5.32 Å². The number of benzene rings is 3. The fourth-order valence-electron chi connectivity index (χ4n) is 3.51. The number of nitrogens with zero attached hydrogens (tertiary/aromatic N) is 1. The fourth-order valence-corrected chi connectivity index (χ4v) is 3.51. The molecule has 0 unspecified atom stereocenters. The summed E-state index contributed by atoms with van der Waals surface area (Å²) in [5, 5.41) is 2.67. The van der Waals surface area contributed by atoms with Gasteiger partial charge in [-0.2, -0.15) is 0 Å². The van der Waals surface area contributed by atoms with Gasteiger partial charge in [-0.1, -0.05) is 78.4 Å². The average Bonchev–Trinajstić information content (AvgIpc) is 2.79. The van der Waals surface area contributed by atoms with Crippen LogP contribution in [0.5, 0.6) is 0 Å². The smallest absolute Gasteiger partial charge is 0.242 e. The minimum atomic E-state index is -0.759. The highest BCUT2D eigenvalue weighted by molar-refractivity contribution is 5.88. The van der Waals surface area contributed by atoms with Crippen LogP contribution < -0.4 is 5.32 Å². The van der Waals surface area contributed by atoms with Crippen LogP contribution in [0.2, 0.25) is 0 Å². The van der Waals surface area contributed by atoms with Crippen molar-refractivity contribution in [3.05, 3.63) is 107 Å². The molecule has 0 aliphatic heterocycles. The van der Waals surface area contributed by atoms with E-state index in [1.54, 1.807) is 25.2 Å². The maximum Gasteiger partial charge on any atom is 0.242 e. The van der Waals surface area contributed by atoms with Crippen molar-refractivity contribution in [2.75, 3.05) is 7.05 Å². The molecule has 0 aliphatic rings. The van der Waals surface area contributed by atoms with E-state index in [1.165, 1.54) is 11.0 Å². The monoisotopic (exact) mass is 418 g/mol. The first-order chi connectivity index (χ1) is 15.0. The van der Waals surface area contributed by atoms with Gasteiger partial charge < -0.3 is 10.2 Å². The van der Waals surface area contributed by atoms with Crippen molar-refractivity contribution in [1.29, 1.82) is 0 Å². The topological polar surface area (TPSA) is 49.4 Å². The number of carbonyl (C=O) groups is 2. The van der Waals surface area contributed by atoms with Gasteiger partial charge in [-0.05, 0) is 24.1 Å². The van der Waals surface area contributed by atoms with Crippen LogP contribution in [-0.2, 0) is 29.0 Å². The third-order valence-electron chi connectivity index (χ3n) is 5.29. The highest BCUT2D eigenvalue weighted by Gasteiger charge is 2.30. The molecule has 0 fully saturated rings. The van der Waals surface area contributed by atoms with Crippen molar-refractivity contribution in [2.45, 2.75) is 32.4 Å². The molecule has 31 heavy (non-hydrogen) atoms. The van der Waals surface area contributed by atoms with Crippen LogP contribution in [0.3, 0.4) is 0 Å². The lowest BCUT2D eigenvalue weighted by molar-refractivity contribution is -0.140. The number of hydrogen-bond acceptors (Lipinski definition) is 2. The summed E-state index contributed by atoms with van der Waals surface area (Å²) in [6.07, 6.45) is 0.478. The summed E-state index contributed by atoms with van der Waals surface area (Å²) in [5.41, 5.74) is 3.26. The summed E-state index contributed by atoms with van der Waals surface area (Å²) in [6, 6.07) is 22.8. The quantitative estimate of drug-likeness (QED) is 0.600. The number of rotatable bonds is 8. The van der Waals surface area contributed by atoms with Gasteiger partial charge in [0.2, 0.25) is 11.8 Å². The molecular formula is C26H27FN2O2. The Morgan fingerprint density at radius 3 is 2.19 bits per heavy atom. The Labute approximate surface area is 182 Å². The van der Waals surface area contributed by atoms with Gasteiger partial charge in [0.05, 0.1) is 6.42 Å². The second-order valence-corrected chi connectivity index (χ2v) is 7.60. The molecule has 0 aliphatic carbocycles. The van der Waals surface area contributed by atoms with Crippen molar-refractivity contribution < 1.29 is 14.0 Å². The molecule has 0 radical (unpaired) electrons. The molecule has 4 nitrogen and oxygen atoms in total. The van der Waals surface area contributed by atoms with Gasteiger partial charge in [0.25, 0.3) is 0 Å². The molecule has 3 aromatic rings. The highest BCUT2D eigenvalue weighted by Crippen LogP contribution is 2.18. The lowest BCUT2D eigenvalue weighted by Crippen LogP contribution is -2.50. The summed E-state index contributed by atoms with van der Waals surface area (Å²) in [7, 11) is 1.55. The fraction of sp³-hybridized carbons (Fsp3) is 0.231. The third kappa shape index (κ3) is 6.01. The molecule has 160 valence electrons. The lowest BCUT2D eigenvalue weighted by atomic mass is 10.0. The molecule has 1 atom stereocenters. The predicted octanol–water partition coefficient (Wildman–Crippen LogP) is 4.06. The van der Waals surface area contributed by atoms with E-state index in [4.69, 9.17) is 0 Å². The Bertz CT molecular complexity index is 1020. The first-order valence-corrected chi connectivity index (χ1v) is 10.3. The maximum atomic E-state index is 14.4. The van der Waals surface area contributed by atoms with Gasteiger partial charge in [-0.15, -0.1) is 0 Å². The van der Waals surface area contributed by atoms with E-state index >= 15 is 0 Å². The Hall–Kier alpha value is -3.47. The summed E-state index contributed by atoms with van der Waals surface area (Å²) < 4.78 is 14.4. The largest absolute Gasteiger partial charge is 0.357 e. The molecule has 0 saturated heterocycles. The van der Waals surface area contributed by atoms with E-state index in [0.29, 0.717) is 12.0 Å². The van der Waals surface area contributed by atoms with E-state index in [1.807, 2.05) is 61.5 Å². The SMILES string of the molecule is CNC(=O)[C@H](Cc1ccccc1)N(Cc1ccccc1F)C(=O)Cc1ccc(C)cc1. The van der Waals surface area contributed by atoms with Crippen LogP contribution in [0, 0.1) is 12.7 Å². The van der Waals surface area contributed by atoms with Gasteiger partial charge in [0.1, 0.15) is 11.9 Å². The van der Waals surface area contributed by atoms with Crippen LogP contribution >= 0.6 is 0 Å². The number of nitrogens with one attached hydrogen (secondary N) is 1. The summed E-state index contributed by atoms with van der Waals surface area (Å²) in [4.78, 5) is 27.7. The van der Waals surface area contributed by atoms with Crippen molar-refractivity contribution in [1.82, 2.24) is 10.2 Å². The van der Waals surface area contributed by atoms with Crippen LogP contribution in [0.25, 0.3) is 0 Å². The van der Waals surface area contributed by atoms with E-state index in [0.717, 1.165) is 16.7 Å². The first kappa shape index (κ1) is 22.2. The molecular weight excluding hydrogens is 391 g/mol. The van der Waals surface area contributed by atoms with Crippen LogP contribution in [0.15, 0.2) is 78.9 Å². The number of carbonyl (C=O) groups excluding carboxylic acids is 2. The normalized spacial score (nSPS) is 11.6. The van der Waals surface area contributed by atoms with Gasteiger partial charge in [-0.3, -0.25) is 9.59 Å². The highest BCUT2D eigenvalue weighted by atomic mass is 19.1. The average molecular weight is 419 g/mol. The summed E-state index contributed by atoms with van der Waals surface area (Å²) >= 11 is 0. The van der Waals surface area contributed by atoms with Gasteiger partial charge in [0.15, 0.2) is 0 Å². The van der Waals surface area contributed by atoms with Crippen molar-refractivity contribution in [2.24, 2.45) is 0 Å². The molecule has 2 amide bonds. The molecule has 0 aromatic heterocycles. The lowest BCUT2D eigenvalue weighted by Gasteiger charge is -2.31. The minimum absolute atomic E-state index is 0.0162. The zero-order chi connectivity index (χ0) is 22.2. The Morgan fingerprint density at radius 1 is 0.903 bits per heavy atom. The molecule has 1 N–H and O–H groups in total. The van der Waals surface area contributed by atoms with Gasteiger partial charge in [0, 0.05) is 25.6 Å². The van der Waals surface area contributed by atoms with E-state index in [9.17, 15) is 14.0 Å². The zero-order valence-electron chi connectivity index (χ0n) is 17.8. The Kier molecular flexibility index (Phi) is 7.55. The number of likely N-dealkylation sites (N-methyl/N-ethyl adjacent to an activating group) is 1. The maximum absolute atomic E-state index is 14.4. The number of amides is 2. The first-order valence-electron chi connectivity index (χ1n) is 10.3. The molecule has 3 aromatic carbocycles. The minimum Gasteiger partial charge on any atom is -0.357 e. The number of hydrogen-bond donors (Lipinski definition) is 1. The summed E-state index contributed by atoms with van der Waals surface area (Å²) in [6.45, 7) is 2.00. The van der Waals surface area contributed by atoms with Crippen molar-refractivity contribution in [3.63, 3.8) is 0 Å². The van der Waals surface area contributed by atoms with Crippen molar-refractivity contribution >= 4 is 11.8 Å². The molecule has 5 heteroatoms. The van der Waals surface area contributed by atoms with Gasteiger partial charge in [-0.25, -0.2) is 4.39 Å². The summed E-state index contributed by atoms with van der Waals surface area (Å²) in [5.74, 6) is -0.903. The standard InChI is InChI=1S/C26H27FN2O2/c1-19-12-14-21(15-13-19)17-25(30)29(18-22-10-6-7-11-23(22)27)24(26(31)28-2)16-20-8-4-3-5-9-20/h3-15,24H,16-18H2,1-2H3,(H,28,31)/t24-/m0/s1. The number of halogens is 1. The molecule has 0 heterocycles. The van der Waals surface area contributed by atoms with E-state index in [-0.39, 0.29) is 24.8 Å². The zero-order valence-corrected chi connectivity index (χ0v) is 17.8. The van der Waals surface area contributed by atoms with Gasteiger partial charge >= 0.3 is 0 Å². The van der Waals surface area contributed by atoms with Crippen LogP contribution in [0.4, 0.5) is 4.39 Å². The predicted molar refractivity (Wildman–Crippen MR) is 120 cm³/mol.